The van der Waals surface area contributed by atoms with Gasteiger partial charge in [0.2, 0.25) is 7.37 Å². The van der Waals surface area contributed by atoms with Gasteiger partial charge in [0.05, 0.1) is 6.42 Å². The maximum atomic E-state index is 11.7. The van der Waals surface area contributed by atoms with E-state index < -0.39 is 13.3 Å². The zero-order valence-electron chi connectivity index (χ0n) is 8.38. The molecule has 1 aromatic rings. The molecule has 0 amide bonds. The lowest BCUT2D eigenvalue weighted by molar-refractivity contribution is -0.136. The van der Waals surface area contributed by atoms with Crippen molar-refractivity contribution in [3.63, 3.8) is 0 Å². The number of aryl methyl sites for hydroxylation is 1. The second-order valence-corrected chi connectivity index (χ2v) is 5.77. The molecule has 0 radical (unpaired) electrons. The average Bonchev–Trinajstić information content (AvgIpc) is 2.16. The third kappa shape index (κ3) is 3.50. The van der Waals surface area contributed by atoms with Gasteiger partial charge in [-0.2, -0.15) is 0 Å². The van der Waals surface area contributed by atoms with Gasteiger partial charge >= 0.3 is 5.97 Å². The molecule has 1 unspecified atom stereocenters. The quantitative estimate of drug-likeness (QED) is 0.763. The molecular formula is C10H13O4P. The second kappa shape index (κ2) is 4.60. The van der Waals surface area contributed by atoms with Crippen LogP contribution in [0.15, 0.2) is 24.3 Å². The van der Waals surface area contributed by atoms with Crippen LogP contribution in [-0.4, -0.2) is 22.1 Å². The van der Waals surface area contributed by atoms with Crippen molar-refractivity contribution in [2.75, 3.05) is 6.16 Å². The first-order chi connectivity index (χ1) is 6.92. The first kappa shape index (κ1) is 12.0. The van der Waals surface area contributed by atoms with E-state index in [9.17, 15) is 14.3 Å². The van der Waals surface area contributed by atoms with Crippen LogP contribution in [0.25, 0.3) is 0 Å². The van der Waals surface area contributed by atoms with E-state index in [0.29, 0.717) is 5.30 Å². The summed E-state index contributed by atoms with van der Waals surface area (Å²) in [6.45, 7) is 1.88. The fourth-order valence-electron chi connectivity index (χ4n) is 1.15. The fraction of sp³-hybridized carbons (Fsp3) is 0.300. The van der Waals surface area contributed by atoms with Crippen molar-refractivity contribution >= 4 is 18.6 Å². The smallest absolute Gasteiger partial charge is 0.303 e. The summed E-state index contributed by atoms with van der Waals surface area (Å²) < 4.78 is 11.7. The Labute approximate surface area is 88.0 Å². The van der Waals surface area contributed by atoms with E-state index in [-0.39, 0.29) is 12.6 Å². The summed E-state index contributed by atoms with van der Waals surface area (Å²) in [5, 5.41) is 8.75. The molecule has 4 nitrogen and oxygen atoms in total. The minimum absolute atomic E-state index is 0.217. The van der Waals surface area contributed by atoms with Gasteiger partial charge in [0.1, 0.15) is 0 Å². The average molecular weight is 228 g/mol. The van der Waals surface area contributed by atoms with Crippen LogP contribution in [-0.2, 0) is 9.36 Å². The number of rotatable bonds is 4. The zero-order chi connectivity index (χ0) is 11.5. The summed E-state index contributed by atoms with van der Waals surface area (Å²) in [4.78, 5) is 19.9. The van der Waals surface area contributed by atoms with Gasteiger partial charge in [-0.1, -0.05) is 17.7 Å². The molecule has 0 fully saturated rings. The Bertz CT molecular complexity index is 396. The predicted octanol–water partition coefficient (Wildman–Crippen LogP) is 1.37. The number of carboxylic acid groups (broad SMARTS) is 1. The SMILES string of the molecule is Cc1ccc(P(=O)(O)CCC(=O)O)cc1. The normalized spacial score (nSPS) is 14.5. The van der Waals surface area contributed by atoms with Crippen LogP contribution in [0.5, 0.6) is 0 Å². The molecule has 82 valence electrons. The van der Waals surface area contributed by atoms with Crippen molar-refractivity contribution in [2.24, 2.45) is 0 Å². The minimum Gasteiger partial charge on any atom is -0.481 e. The summed E-state index contributed by atoms with van der Waals surface area (Å²) in [5.74, 6) is -1.06. The number of carbonyl (C=O) groups is 1. The second-order valence-electron chi connectivity index (χ2n) is 3.40. The van der Waals surface area contributed by atoms with Crippen molar-refractivity contribution in [2.45, 2.75) is 13.3 Å². The van der Waals surface area contributed by atoms with E-state index in [1.807, 2.05) is 6.92 Å². The molecule has 15 heavy (non-hydrogen) atoms. The number of benzene rings is 1. The Morgan fingerprint density at radius 3 is 2.33 bits per heavy atom. The van der Waals surface area contributed by atoms with Crippen molar-refractivity contribution in [3.05, 3.63) is 29.8 Å². The molecule has 1 rings (SSSR count). The van der Waals surface area contributed by atoms with Crippen LogP contribution in [0.2, 0.25) is 0 Å². The van der Waals surface area contributed by atoms with Gasteiger partial charge in [-0.25, -0.2) is 0 Å². The van der Waals surface area contributed by atoms with E-state index >= 15 is 0 Å². The number of aliphatic carboxylic acids is 1. The Hall–Kier alpha value is -1.12. The highest BCUT2D eigenvalue weighted by Crippen LogP contribution is 2.39. The molecule has 1 aromatic carbocycles. The first-order valence-electron chi connectivity index (χ1n) is 4.53. The van der Waals surface area contributed by atoms with E-state index in [0.717, 1.165) is 5.56 Å². The third-order valence-corrected chi connectivity index (χ3v) is 4.00. The Balaban J connectivity index is 2.81. The van der Waals surface area contributed by atoms with Gasteiger partial charge in [0.25, 0.3) is 0 Å². The lowest BCUT2D eigenvalue weighted by Crippen LogP contribution is -2.09. The molecule has 1 atom stereocenters. The monoisotopic (exact) mass is 228 g/mol. The molecule has 0 aliphatic heterocycles. The van der Waals surface area contributed by atoms with Crippen molar-refractivity contribution in [1.29, 1.82) is 0 Å². The van der Waals surface area contributed by atoms with Gasteiger partial charge in [-0.15, -0.1) is 0 Å². The van der Waals surface area contributed by atoms with Gasteiger partial charge in [0, 0.05) is 11.5 Å². The van der Waals surface area contributed by atoms with Gasteiger partial charge in [-0.05, 0) is 19.1 Å². The molecule has 0 saturated heterocycles. The van der Waals surface area contributed by atoms with Gasteiger partial charge < -0.3 is 10.00 Å². The summed E-state index contributed by atoms with van der Waals surface area (Å²) in [6, 6.07) is 6.61. The maximum Gasteiger partial charge on any atom is 0.303 e. The van der Waals surface area contributed by atoms with Crippen LogP contribution >= 0.6 is 7.37 Å². The molecule has 5 heteroatoms. The molecule has 0 aromatic heterocycles. The number of carboxylic acids is 1. The highest BCUT2D eigenvalue weighted by atomic mass is 31.2. The number of hydrogen-bond acceptors (Lipinski definition) is 2. The molecule has 0 aliphatic carbocycles. The molecule has 0 heterocycles. The van der Waals surface area contributed by atoms with Crippen LogP contribution in [0.4, 0.5) is 0 Å². The predicted molar refractivity (Wildman–Crippen MR) is 57.8 cm³/mol. The third-order valence-electron chi connectivity index (χ3n) is 2.07. The summed E-state index contributed by atoms with van der Waals surface area (Å²) in [7, 11) is -3.50. The molecule has 0 bridgehead atoms. The van der Waals surface area contributed by atoms with Crippen LogP contribution in [0.3, 0.4) is 0 Å². The zero-order valence-corrected chi connectivity index (χ0v) is 9.28. The largest absolute Gasteiger partial charge is 0.481 e. The number of hydrogen-bond donors (Lipinski definition) is 2. The Morgan fingerprint density at radius 2 is 1.87 bits per heavy atom. The van der Waals surface area contributed by atoms with E-state index in [4.69, 9.17) is 5.11 Å². The fourth-order valence-corrected chi connectivity index (χ4v) is 2.52. The van der Waals surface area contributed by atoms with Crippen LogP contribution in [0, 0.1) is 6.92 Å². The maximum absolute atomic E-state index is 11.7. The van der Waals surface area contributed by atoms with E-state index in [2.05, 4.69) is 0 Å². The van der Waals surface area contributed by atoms with E-state index in [1.54, 1.807) is 24.3 Å². The summed E-state index contributed by atoms with van der Waals surface area (Å²) >= 11 is 0. The molecular weight excluding hydrogens is 215 g/mol. The van der Waals surface area contributed by atoms with Crippen molar-refractivity contribution < 1.29 is 19.4 Å². The standard InChI is InChI=1S/C10H13O4P/c1-8-2-4-9(5-3-8)15(13,14)7-6-10(11)12/h2-5H,6-7H2,1H3,(H,11,12)(H,13,14). The molecule has 0 saturated carbocycles. The van der Waals surface area contributed by atoms with Gasteiger partial charge in [0.15, 0.2) is 0 Å². The van der Waals surface area contributed by atoms with Gasteiger partial charge in [-0.3, -0.25) is 9.36 Å². The Morgan fingerprint density at radius 1 is 1.33 bits per heavy atom. The van der Waals surface area contributed by atoms with Crippen LogP contribution < -0.4 is 5.30 Å². The topological polar surface area (TPSA) is 74.6 Å². The summed E-state index contributed by atoms with van der Waals surface area (Å²) in [5.41, 5.74) is 0.997. The lowest BCUT2D eigenvalue weighted by Gasteiger charge is -2.10. The Kier molecular flexibility index (Phi) is 3.66. The highest BCUT2D eigenvalue weighted by Gasteiger charge is 2.21. The van der Waals surface area contributed by atoms with Crippen LogP contribution in [0.1, 0.15) is 12.0 Å². The van der Waals surface area contributed by atoms with E-state index in [1.165, 1.54) is 0 Å². The molecule has 0 aliphatic rings. The molecule has 0 spiro atoms. The first-order valence-corrected chi connectivity index (χ1v) is 6.37. The molecule has 2 N–H and O–H groups in total. The highest BCUT2D eigenvalue weighted by molar-refractivity contribution is 7.66. The minimum atomic E-state index is -3.50. The lowest BCUT2D eigenvalue weighted by atomic mass is 10.2. The van der Waals surface area contributed by atoms with Crippen molar-refractivity contribution in [3.8, 4) is 0 Å². The van der Waals surface area contributed by atoms with Crippen molar-refractivity contribution in [1.82, 2.24) is 0 Å². The summed E-state index contributed by atoms with van der Waals surface area (Å²) in [6.07, 6.45) is -0.507.